The van der Waals surface area contributed by atoms with E-state index in [4.69, 9.17) is 9.72 Å². The molecule has 0 N–H and O–H groups in total. The Morgan fingerprint density at radius 1 is 1.17 bits per heavy atom. The summed E-state index contributed by atoms with van der Waals surface area (Å²) in [6.45, 7) is 8.61. The number of fused-ring (bicyclic) bond motifs is 1. The van der Waals surface area contributed by atoms with Gasteiger partial charge in [0, 0.05) is 27.2 Å². The second-order valence-electron chi connectivity index (χ2n) is 7.63. The van der Waals surface area contributed by atoms with Gasteiger partial charge in [-0.3, -0.25) is 14.2 Å². The molecule has 0 bridgehead atoms. The molecule has 0 aliphatic carbocycles. The number of amides is 1. The average molecular weight is 408 g/mol. The minimum Gasteiger partial charge on any atom is -0.385 e. The monoisotopic (exact) mass is 407 g/mol. The lowest BCUT2D eigenvalue weighted by Gasteiger charge is -2.29. The zero-order chi connectivity index (χ0) is 21.8. The van der Waals surface area contributed by atoms with Crippen LogP contribution >= 0.6 is 0 Å². The molecule has 3 rings (SSSR count). The van der Waals surface area contributed by atoms with Crippen LogP contribution in [0.3, 0.4) is 0 Å². The second-order valence-corrected chi connectivity index (χ2v) is 7.63. The van der Waals surface area contributed by atoms with E-state index in [0.29, 0.717) is 36.3 Å². The molecular weight excluding hydrogens is 378 g/mol. The Labute approximate surface area is 177 Å². The number of hydrogen-bond acceptors (Lipinski definition) is 4. The van der Waals surface area contributed by atoms with E-state index in [1.165, 1.54) is 0 Å². The van der Waals surface area contributed by atoms with Crippen molar-refractivity contribution in [2.75, 3.05) is 20.3 Å². The molecule has 0 saturated heterocycles. The molecule has 1 atom stereocenters. The van der Waals surface area contributed by atoms with Crippen LogP contribution < -0.4 is 5.56 Å². The molecule has 30 heavy (non-hydrogen) atoms. The summed E-state index contributed by atoms with van der Waals surface area (Å²) in [4.78, 5) is 32.5. The van der Waals surface area contributed by atoms with Gasteiger partial charge in [0.2, 0.25) is 5.91 Å². The summed E-state index contributed by atoms with van der Waals surface area (Å²) in [7, 11) is 1.64. The first-order valence-electron chi connectivity index (χ1n) is 10.2. The number of hydrogen-bond donors (Lipinski definition) is 0. The van der Waals surface area contributed by atoms with Gasteiger partial charge in [-0.15, -0.1) is 0 Å². The quantitative estimate of drug-likeness (QED) is 0.557. The first-order valence-corrected chi connectivity index (χ1v) is 10.2. The number of ether oxygens (including phenoxy) is 1. The van der Waals surface area contributed by atoms with Crippen molar-refractivity contribution in [2.45, 2.75) is 40.2 Å². The third-order valence-electron chi connectivity index (χ3n) is 5.54. The Balaban J connectivity index is 2.22. The smallest absolute Gasteiger partial charge is 0.266 e. The summed E-state index contributed by atoms with van der Waals surface area (Å²) in [5.41, 5.74) is 3.49. The van der Waals surface area contributed by atoms with E-state index in [-0.39, 0.29) is 17.5 Å². The first kappa shape index (κ1) is 21.7. The van der Waals surface area contributed by atoms with E-state index < -0.39 is 0 Å². The fraction of sp³-hybridized carbons (Fsp3) is 0.375. The average Bonchev–Trinajstić information content (AvgIpc) is 2.72. The topological polar surface area (TPSA) is 64.4 Å². The number of benzene rings is 2. The third-order valence-corrected chi connectivity index (χ3v) is 5.54. The summed E-state index contributed by atoms with van der Waals surface area (Å²) in [6, 6.07) is 12.9. The second kappa shape index (κ2) is 9.22. The van der Waals surface area contributed by atoms with Crippen molar-refractivity contribution in [1.29, 1.82) is 0 Å². The molecule has 0 saturated carbocycles. The van der Waals surface area contributed by atoms with Crippen molar-refractivity contribution in [3.63, 3.8) is 0 Å². The number of nitrogens with zero attached hydrogens (tertiary/aromatic N) is 3. The van der Waals surface area contributed by atoms with Crippen LogP contribution in [0, 0.1) is 13.8 Å². The van der Waals surface area contributed by atoms with Crippen molar-refractivity contribution >= 4 is 16.8 Å². The molecular formula is C24H29N3O3. The molecule has 0 aliphatic rings. The maximum Gasteiger partial charge on any atom is 0.266 e. The molecule has 1 unspecified atom stereocenters. The fourth-order valence-corrected chi connectivity index (χ4v) is 3.69. The largest absolute Gasteiger partial charge is 0.385 e. The third kappa shape index (κ3) is 4.28. The highest BCUT2D eigenvalue weighted by molar-refractivity contribution is 5.78. The van der Waals surface area contributed by atoms with Gasteiger partial charge in [0.05, 0.1) is 22.6 Å². The van der Waals surface area contributed by atoms with Gasteiger partial charge in [0.1, 0.15) is 5.82 Å². The molecule has 1 amide bonds. The van der Waals surface area contributed by atoms with Crippen molar-refractivity contribution in [2.24, 2.45) is 0 Å². The van der Waals surface area contributed by atoms with Gasteiger partial charge < -0.3 is 9.64 Å². The van der Waals surface area contributed by atoms with Gasteiger partial charge in [-0.05, 0) is 62.6 Å². The Morgan fingerprint density at radius 3 is 2.57 bits per heavy atom. The molecule has 0 radical (unpaired) electrons. The zero-order valence-corrected chi connectivity index (χ0v) is 18.3. The Morgan fingerprint density at radius 2 is 1.90 bits per heavy atom. The molecule has 0 fully saturated rings. The number of carbonyl (C=O) groups excluding carboxylic acids is 1. The van der Waals surface area contributed by atoms with Crippen LogP contribution in [-0.2, 0) is 9.53 Å². The number of para-hydroxylation sites is 1. The molecule has 1 aromatic heterocycles. The summed E-state index contributed by atoms with van der Waals surface area (Å²) in [6.07, 6.45) is 0.710. The van der Waals surface area contributed by atoms with Gasteiger partial charge in [-0.2, -0.15) is 0 Å². The molecule has 2 aromatic carbocycles. The standard InChI is InChI=1S/C24H29N3O3/c1-16-11-12-20(15-17(16)2)27-23(18(3)26(19(4)28)13-8-14-30-5)25-22-10-7-6-9-21(22)24(27)29/h6-7,9-12,15,18H,8,13-14H2,1-5H3. The maximum absolute atomic E-state index is 13.5. The normalized spacial score (nSPS) is 12.2. The molecule has 6 heteroatoms. The highest BCUT2D eigenvalue weighted by atomic mass is 16.5. The molecule has 1 heterocycles. The van der Waals surface area contributed by atoms with E-state index in [0.717, 1.165) is 16.8 Å². The van der Waals surface area contributed by atoms with E-state index >= 15 is 0 Å². The number of aryl methyl sites for hydroxylation is 2. The number of rotatable bonds is 7. The minimum atomic E-state index is -0.377. The van der Waals surface area contributed by atoms with Crippen LogP contribution in [0.5, 0.6) is 0 Å². The fourth-order valence-electron chi connectivity index (χ4n) is 3.69. The Hall–Kier alpha value is -2.99. The lowest BCUT2D eigenvalue weighted by Crippen LogP contribution is -2.37. The van der Waals surface area contributed by atoms with Gasteiger partial charge in [-0.1, -0.05) is 18.2 Å². The van der Waals surface area contributed by atoms with E-state index in [2.05, 4.69) is 0 Å². The highest BCUT2D eigenvalue weighted by Crippen LogP contribution is 2.24. The molecule has 0 aliphatic heterocycles. The minimum absolute atomic E-state index is 0.0624. The van der Waals surface area contributed by atoms with Crippen molar-refractivity contribution < 1.29 is 9.53 Å². The van der Waals surface area contributed by atoms with Crippen LogP contribution in [0.15, 0.2) is 47.3 Å². The van der Waals surface area contributed by atoms with Gasteiger partial charge >= 0.3 is 0 Å². The number of methoxy groups -OCH3 is 1. The van der Waals surface area contributed by atoms with E-state index in [1.807, 2.05) is 57.2 Å². The van der Waals surface area contributed by atoms with Gasteiger partial charge in [0.15, 0.2) is 0 Å². The Kier molecular flexibility index (Phi) is 6.67. The van der Waals surface area contributed by atoms with Crippen LogP contribution in [0.25, 0.3) is 16.6 Å². The molecule has 3 aromatic rings. The summed E-state index contributed by atoms with van der Waals surface area (Å²) < 4.78 is 6.79. The van der Waals surface area contributed by atoms with E-state index in [9.17, 15) is 9.59 Å². The Bertz CT molecular complexity index is 1120. The number of aromatic nitrogens is 2. The van der Waals surface area contributed by atoms with Crippen molar-refractivity contribution in [3.05, 3.63) is 69.8 Å². The van der Waals surface area contributed by atoms with Crippen molar-refractivity contribution in [3.8, 4) is 5.69 Å². The summed E-state index contributed by atoms with van der Waals surface area (Å²) in [5, 5.41) is 0.556. The van der Waals surface area contributed by atoms with Crippen LogP contribution in [0.4, 0.5) is 0 Å². The predicted octanol–water partition coefficient (Wildman–Crippen LogP) is 3.95. The molecule has 6 nitrogen and oxygen atoms in total. The lowest BCUT2D eigenvalue weighted by molar-refractivity contribution is -0.131. The van der Waals surface area contributed by atoms with Gasteiger partial charge in [-0.25, -0.2) is 4.98 Å². The SMILES string of the molecule is COCCCN(C(C)=O)C(C)c1nc2ccccc2c(=O)n1-c1ccc(C)c(C)c1. The van der Waals surface area contributed by atoms with Crippen molar-refractivity contribution in [1.82, 2.24) is 14.5 Å². The zero-order valence-electron chi connectivity index (χ0n) is 18.3. The molecule has 0 spiro atoms. The predicted molar refractivity (Wildman–Crippen MR) is 119 cm³/mol. The highest BCUT2D eigenvalue weighted by Gasteiger charge is 2.25. The summed E-state index contributed by atoms with van der Waals surface area (Å²) >= 11 is 0. The maximum atomic E-state index is 13.5. The van der Waals surface area contributed by atoms with Crippen LogP contribution in [-0.4, -0.2) is 40.6 Å². The van der Waals surface area contributed by atoms with Crippen LogP contribution in [0.1, 0.15) is 43.3 Å². The number of carbonyl (C=O) groups is 1. The van der Waals surface area contributed by atoms with Crippen LogP contribution in [0.2, 0.25) is 0 Å². The van der Waals surface area contributed by atoms with Gasteiger partial charge in [0.25, 0.3) is 5.56 Å². The van der Waals surface area contributed by atoms with E-state index in [1.54, 1.807) is 29.6 Å². The summed E-state index contributed by atoms with van der Waals surface area (Å²) in [5.74, 6) is 0.488. The lowest BCUT2D eigenvalue weighted by atomic mass is 10.1. The molecule has 158 valence electrons. The first-order chi connectivity index (χ1) is 14.3.